The molecule has 1 heterocycles. The molecule has 1 aromatic heterocycles. The molecule has 57 heavy (non-hydrogen) atoms. The van der Waals surface area contributed by atoms with E-state index in [4.69, 9.17) is 0 Å². The van der Waals surface area contributed by atoms with Crippen LogP contribution in [0, 0.1) is 13.8 Å². The van der Waals surface area contributed by atoms with Gasteiger partial charge >= 0.3 is 0 Å². The maximum Gasteiger partial charge on any atom is 0.0713 e. The van der Waals surface area contributed by atoms with Crippen molar-refractivity contribution >= 4 is 11.3 Å². The van der Waals surface area contributed by atoms with Crippen LogP contribution >= 0.6 is 11.3 Å². The molecule has 8 aromatic carbocycles. The monoisotopic (exact) mass is 744 g/mol. The summed E-state index contributed by atoms with van der Waals surface area (Å²) >= 11 is 1.89. The van der Waals surface area contributed by atoms with Crippen molar-refractivity contribution in [1.82, 2.24) is 0 Å². The summed E-state index contributed by atoms with van der Waals surface area (Å²) in [4.78, 5) is 2.54. The van der Waals surface area contributed by atoms with Crippen molar-refractivity contribution in [2.24, 2.45) is 0 Å². The minimum atomic E-state index is -0.430. The van der Waals surface area contributed by atoms with Crippen LogP contribution in [-0.4, -0.2) is 0 Å². The van der Waals surface area contributed by atoms with Gasteiger partial charge in [-0.3, -0.25) is 0 Å². The fourth-order valence-corrected chi connectivity index (χ4v) is 11.2. The second-order valence-corrected chi connectivity index (χ2v) is 16.8. The summed E-state index contributed by atoms with van der Waals surface area (Å²) in [5.74, 6) is 0. The van der Waals surface area contributed by atoms with Crippen LogP contribution in [0.4, 0.5) is 0 Å². The number of hydrogen-bond acceptors (Lipinski definition) is 1. The maximum absolute atomic E-state index is 2.48. The van der Waals surface area contributed by atoms with Crippen molar-refractivity contribution in [2.75, 3.05) is 0 Å². The van der Waals surface area contributed by atoms with Gasteiger partial charge in [0.25, 0.3) is 0 Å². The van der Waals surface area contributed by atoms with E-state index in [0.29, 0.717) is 0 Å². The summed E-state index contributed by atoms with van der Waals surface area (Å²) in [6.45, 7) is 4.43. The molecule has 0 saturated carbocycles. The molecular weight excluding hydrogens is 705 g/mol. The normalized spacial score (nSPS) is 14.1. The smallest absolute Gasteiger partial charge is 0.0713 e. The van der Waals surface area contributed by atoms with E-state index in [9.17, 15) is 0 Å². The fraction of sp³-hybridized carbons (Fsp3) is 0.0714. The van der Waals surface area contributed by atoms with Gasteiger partial charge in [-0.2, -0.15) is 0 Å². The molecule has 9 aromatic rings. The van der Waals surface area contributed by atoms with Gasteiger partial charge in [-0.1, -0.05) is 193 Å². The van der Waals surface area contributed by atoms with E-state index in [0.717, 1.165) is 0 Å². The number of aryl methyl sites for hydroxylation is 2. The van der Waals surface area contributed by atoms with E-state index in [-0.39, 0.29) is 0 Å². The molecule has 1 heteroatoms. The van der Waals surface area contributed by atoms with Gasteiger partial charge in [0.15, 0.2) is 0 Å². The van der Waals surface area contributed by atoms with Crippen LogP contribution < -0.4 is 0 Å². The lowest BCUT2D eigenvalue weighted by Crippen LogP contribution is -2.28. The molecular formula is C56H40S. The summed E-state index contributed by atoms with van der Waals surface area (Å²) in [5, 5.41) is 0. The standard InChI is InChI=1S/C56H40S/c1-37-23-27-45-47-29-25-39(35-51(47)55(49(45)33-37,41-15-7-3-8-16-41)42-17-9-4-10-18-42)53-31-32-54(57-53)40-26-30-48-46-28-24-38(2)34-50(46)56(52(48)36-40,43-19-11-5-12-20-43)44-21-13-6-14-22-44/h3-36H,1-2H3. The van der Waals surface area contributed by atoms with Gasteiger partial charge in [0.1, 0.15) is 0 Å². The zero-order valence-electron chi connectivity index (χ0n) is 32.0. The van der Waals surface area contributed by atoms with Crippen molar-refractivity contribution in [3.63, 3.8) is 0 Å². The van der Waals surface area contributed by atoms with Gasteiger partial charge in [-0.05, 0) is 116 Å². The first-order valence-electron chi connectivity index (χ1n) is 19.9. The zero-order chi connectivity index (χ0) is 38.1. The molecule has 0 nitrogen and oxygen atoms in total. The van der Waals surface area contributed by atoms with Crippen molar-refractivity contribution in [3.8, 4) is 43.1 Å². The van der Waals surface area contributed by atoms with E-state index in [1.54, 1.807) is 0 Å². The molecule has 0 bridgehead atoms. The Kier molecular flexibility index (Phi) is 7.71. The quantitative estimate of drug-likeness (QED) is 0.159. The molecule has 0 unspecified atom stereocenters. The van der Waals surface area contributed by atoms with Crippen molar-refractivity contribution < 1.29 is 0 Å². The molecule has 0 atom stereocenters. The van der Waals surface area contributed by atoms with Gasteiger partial charge < -0.3 is 0 Å². The number of rotatable bonds is 6. The first-order chi connectivity index (χ1) is 28.1. The number of hydrogen-bond donors (Lipinski definition) is 0. The SMILES string of the molecule is Cc1ccc2c(c1)C(c1ccccc1)(c1ccccc1)c1cc(-c3ccc(-c4ccc5c(c4)C(c4ccccc4)(c4ccccc4)c4cc(C)ccc4-5)s3)ccc1-2. The molecule has 270 valence electrons. The highest BCUT2D eigenvalue weighted by atomic mass is 32.1. The summed E-state index contributed by atoms with van der Waals surface area (Å²) < 4.78 is 0. The summed E-state index contributed by atoms with van der Waals surface area (Å²) in [6, 6.07) is 77.5. The van der Waals surface area contributed by atoms with E-state index < -0.39 is 10.8 Å². The van der Waals surface area contributed by atoms with Gasteiger partial charge in [0, 0.05) is 9.75 Å². The Hall–Kier alpha value is -6.54. The zero-order valence-corrected chi connectivity index (χ0v) is 32.9. The van der Waals surface area contributed by atoms with Gasteiger partial charge in [0.05, 0.1) is 10.8 Å². The van der Waals surface area contributed by atoms with Crippen molar-refractivity contribution in [2.45, 2.75) is 24.7 Å². The molecule has 0 radical (unpaired) electrons. The first kappa shape index (κ1) is 33.8. The lowest BCUT2D eigenvalue weighted by Gasteiger charge is -2.34. The molecule has 0 aliphatic heterocycles. The predicted octanol–water partition coefficient (Wildman–Crippen LogP) is 14.4. The second-order valence-electron chi connectivity index (χ2n) is 15.7. The molecule has 11 rings (SSSR count). The van der Waals surface area contributed by atoms with Gasteiger partial charge in [0.2, 0.25) is 0 Å². The largest absolute Gasteiger partial charge is 0.135 e. The molecule has 0 spiro atoms. The van der Waals surface area contributed by atoms with Crippen LogP contribution in [0.25, 0.3) is 43.1 Å². The number of benzene rings is 8. The van der Waals surface area contributed by atoms with E-state index >= 15 is 0 Å². The highest BCUT2D eigenvalue weighted by molar-refractivity contribution is 7.18. The van der Waals surface area contributed by atoms with Crippen LogP contribution in [-0.2, 0) is 10.8 Å². The Morgan fingerprint density at radius 3 is 0.930 bits per heavy atom. The average Bonchev–Trinajstić information content (AvgIpc) is 3.95. The van der Waals surface area contributed by atoms with Crippen molar-refractivity contribution in [1.29, 1.82) is 0 Å². The van der Waals surface area contributed by atoms with Gasteiger partial charge in [-0.15, -0.1) is 11.3 Å². The van der Waals surface area contributed by atoms with Crippen LogP contribution in [0.2, 0.25) is 0 Å². The summed E-state index contributed by atoms with van der Waals surface area (Å²) in [5.41, 5.74) is 20.0. The third kappa shape index (κ3) is 4.92. The number of fused-ring (bicyclic) bond motifs is 6. The Labute approximate surface area is 339 Å². The van der Waals surface area contributed by atoms with E-state index in [1.807, 2.05) is 11.3 Å². The van der Waals surface area contributed by atoms with Crippen LogP contribution in [0.1, 0.15) is 55.6 Å². The molecule has 2 aliphatic rings. The minimum Gasteiger partial charge on any atom is -0.135 e. The topological polar surface area (TPSA) is 0 Å². The lowest BCUT2D eigenvalue weighted by molar-refractivity contribution is 0.768. The molecule has 0 amide bonds. The Balaban J connectivity index is 1.08. The molecule has 0 saturated heterocycles. The highest BCUT2D eigenvalue weighted by Gasteiger charge is 2.47. The first-order valence-corrected chi connectivity index (χ1v) is 20.7. The predicted molar refractivity (Wildman–Crippen MR) is 239 cm³/mol. The number of thiophene rings is 1. The Morgan fingerprint density at radius 1 is 0.298 bits per heavy atom. The summed E-state index contributed by atoms with van der Waals surface area (Å²) in [7, 11) is 0. The van der Waals surface area contributed by atoms with Crippen LogP contribution in [0.5, 0.6) is 0 Å². The Morgan fingerprint density at radius 2 is 0.596 bits per heavy atom. The van der Waals surface area contributed by atoms with E-state index in [2.05, 4.69) is 220 Å². The minimum absolute atomic E-state index is 0.430. The Bertz CT molecular complexity index is 2670. The average molecular weight is 745 g/mol. The van der Waals surface area contributed by atoms with E-state index in [1.165, 1.54) is 98.8 Å². The second kappa shape index (κ2) is 13.0. The summed E-state index contributed by atoms with van der Waals surface area (Å²) in [6.07, 6.45) is 0. The molecule has 0 fully saturated rings. The lowest BCUT2D eigenvalue weighted by atomic mass is 9.67. The highest BCUT2D eigenvalue weighted by Crippen LogP contribution is 2.59. The fourth-order valence-electron chi connectivity index (χ4n) is 10.2. The van der Waals surface area contributed by atoms with Crippen molar-refractivity contribution in [3.05, 3.63) is 262 Å². The van der Waals surface area contributed by atoms with Crippen LogP contribution in [0.15, 0.2) is 206 Å². The van der Waals surface area contributed by atoms with Gasteiger partial charge in [-0.25, -0.2) is 0 Å². The molecule has 2 aliphatic carbocycles. The maximum atomic E-state index is 2.48. The third-order valence-electron chi connectivity index (χ3n) is 12.6. The molecule has 0 N–H and O–H groups in total. The van der Waals surface area contributed by atoms with Crippen LogP contribution in [0.3, 0.4) is 0 Å². The third-order valence-corrected chi connectivity index (χ3v) is 13.8.